The second-order valence-electron chi connectivity index (χ2n) is 9.66. The lowest BCUT2D eigenvalue weighted by Gasteiger charge is -2.26. The van der Waals surface area contributed by atoms with E-state index in [0.717, 1.165) is 5.56 Å². The molecule has 1 aromatic rings. The highest BCUT2D eigenvalue weighted by molar-refractivity contribution is 7.91. The fraction of sp³-hybridized carbons (Fsp3) is 0.609. The largest absolute Gasteiger partial charge is 0.458 e. The zero-order valence-electron chi connectivity index (χ0n) is 20.7. The van der Waals surface area contributed by atoms with Gasteiger partial charge in [-0.2, -0.15) is 0 Å². The lowest BCUT2D eigenvalue weighted by atomic mass is 10.1. The Morgan fingerprint density at radius 1 is 0.882 bits per heavy atom. The van der Waals surface area contributed by atoms with Gasteiger partial charge in [-0.3, -0.25) is 0 Å². The molecule has 0 heterocycles. The third-order valence-electron chi connectivity index (χ3n) is 3.99. The van der Waals surface area contributed by atoms with E-state index in [1.807, 2.05) is 18.2 Å². The Morgan fingerprint density at radius 2 is 1.47 bits per heavy atom. The smallest absolute Gasteiger partial charge is 0.408 e. The molecular formula is C23H36N2O8S. The van der Waals surface area contributed by atoms with Crippen LogP contribution in [-0.2, 0) is 35.4 Å². The minimum atomic E-state index is -3.66. The molecular weight excluding hydrogens is 464 g/mol. The molecule has 0 bridgehead atoms. The van der Waals surface area contributed by atoms with Gasteiger partial charge in [-0.05, 0) is 53.5 Å². The summed E-state index contributed by atoms with van der Waals surface area (Å²) in [6.07, 6.45) is -1.81. The van der Waals surface area contributed by atoms with Crippen LogP contribution >= 0.6 is 0 Å². The number of hydrogen-bond donors (Lipinski definition) is 2. The van der Waals surface area contributed by atoms with E-state index in [4.69, 9.17) is 14.2 Å². The molecule has 1 atom stereocenters. The molecule has 0 aliphatic carbocycles. The van der Waals surface area contributed by atoms with Gasteiger partial charge in [-0.1, -0.05) is 30.3 Å². The van der Waals surface area contributed by atoms with Crippen LogP contribution in [0.5, 0.6) is 0 Å². The third-order valence-corrected chi connectivity index (χ3v) is 5.68. The second kappa shape index (κ2) is 12.6. The highest BCUT2D eigenvalue weighted by Gasteiger charge is 2.30. The molecule has 2 amide bonds. The number of hydrogen-bond acceptors (Lipinski definition) is 8. The van der Waals surface area contributed by atoms with Crippen LogP contribution in [-0.4, -0.2) is 61.9 Å². The van der Waals surface area contributed by atoms with Crippen molar-refractivity contribution in [3.05, 3.63) is 35.9 Å². The van der Waals surface area contributed by atoms with E-state index < -0.39 is 51.0 Å². The van der Waals surface area contributed by atoms with Gasteiger partial charge in [0, 0.05) is 6.54 Å². The van der Waals surface area contributed by atoms with E-state index in [2.05, 4.69) is 10.6 Å². The lowest BCUT2D eigenvalue weighted by Crippen LogP contribution is -2.47. The molecule has 0 aliphatic rings. The van der Waals surface area contributed by atoms with Gasteiger partial charge in [0.2, 0.25) is 0 Å². The Balaban J connectivity index is 2.58. The Kier molecular flexibility index (Phi) is 10.8. The van der Waals surface area contributed by atoms with Crippen molar-refractivity contribution in [2.45, 2.75) is 71.8 Å². The first kappa shape index (κ1) is 29.2. The number of rotatable bonds is 10. The molecule has 34 heavy (non-hydrogen) atoms. The van der Waals surface area contributed by atoms with Gasteiger partial charge >= 0.3 is 18.2 Å². The summed E-state index contributed by atoms with van der Waals surface area (Å²) in [5.74, 6) is -1.54. The predicted octanol–water partition coefficient (Wildman–Crippen LogP) is 2.95. The summed E-state index contributed by atoms with van der Waals surface area (Å²) in [4.78, 5) is 36.4. The molecule has 0 spiro atoms. The molecule has 1 aromatic carbocycles. The Morgan fingerprint density at radius 3 is 2.03 bits per heavy atom. The number of ether oxygens (including phenoxy) is 3. The highest BCUT2D eigenvalue weighted by Crippen LogP contribution is 2.12. The average Bonchev–Trinajstić information content (AvgIpc) is 2.67. The van der Waals surface area contributed by atoms with Gasteiger partial charge in [0.15, 0.2) is 9.84 Å². The molecule has 0 aliphatic heterocycles. The summed E-state index contributed by atoms with van der Waals surface area (Å²) in [6, 6.07) is 7.84. The molecule has 0 fully saturated rings. The van der Waals surface area contributed by atoms with Crippen molar-refractivity contribution in [1.29, 1.82) is 0 Å². The highest BCUT2D eigenvalue weighted by atomic mass is 32.2. The zero-order chi connectivity index (χ0) is 26.0. The number of alkyl carbamates (subject to hydrolysis) is 2. The van der Waals surface area contributed by atoms with Gasteiger partial charge in [0.1, 0.15) is 23.9 Å². The monoisotopic (exact) mass is 500 g/mol. The molecule has 0 unspecified atom stereocenters. The van der Waals surface area contributed by atoms with Crippen molar-refractivity contribution in [2.75, 3.05) is 18.1 Å². The first-order valence-corrected chi connectivity index (χ1v) is 12.8. The van der Waals surface area contributed by atoms with Crippen LogP contribution < -0.4 is 10.6 Å². The summed E-state index contributed by atoms with van der Waals surface area (Å²) in [7, 11) is -3.66. The van der Waals surface area contributed by atoms with E-state index in [1.54, 1.807) is 53.7 Å². The number of carbonyl (C=O) groups excluding carboxylic acids is 3. The normalized spacial score (nSPS) is 12.9. The van der Waals surface area contributed by atoms with Crippen LogP contribution in [0.1, 0.15) is 53.5 Å². The molecule has 192 valence electrons. The molecule has 0 saturated carbocycles. The van der Waals surface area contributed by atoms with E-state index >= 15 is 0 Å². The molecule has 0 aromatic heterocycles. The molecule has 11 heteroatoms. The minimum absolute atomic E-state index is 0.0628. The summed E-state index contributed by atoms with van der Waals surface area (Å²) in [6.45, 7) is 9.88. The molecule has 1 rings (SSSR count). The van der Waals surface area contributed by atoms with Gasteiger partial charge in [-0.15, -0.1) is 0 Å². The zero-order valence-corrected chi connectivity index (χ0v) is 21.5. The maximum absolute atomic E-state index is 12.5. The van der Waals surface area contributed by atoms with Crippen LogP contribution in [0, 0.1) is 0 Å². The van der Waals surface area contributed by atoms with Gasteiger partial charge in [-0.25, -0.2) is 22.8 Å². The average molecular weight is 501 g/mol. The predicted molar refractivity (Wildman–Crippen MR) is 127 cm³/mol. The maximum Gasteiger partial charge on any atom is 0.408 e. The van der Waals surface area contributed by atoms with Crippen molar-refractivity contribution >= 4 is 28.0 Å². The van der Waals surface area contributed by atoms with E-state index in [0.29, 0.717) is 0 Å². The van der Waals surface area contributed by atoms with Crippen LogP contribution in [0.25, 0.3) is 0 Å². The number of carbonyl (C=O) groups is 3. The van der Waals surface area contributed by atoms with Crippen molar-refractivity contribution in [3.63, 3.8) is 0 Å². The fourth-order valence-corrected chi connectivity index (χ4v) is 3.77. The maximum atomic E-state index is 12.5. The SMILES string of the molecule is CC(C)(C)OC(=O)N[C@@H](CCS(=O)(=O)CCNC(=O)OCc1ccccc1)C(=O)OC(C)(C)C. The van der Waals surface area contributed by atoms with Crippen LogP contribution in [0.15, 0.2) is 30.3 Å². The second-order valence-corrected chi connectivity index (χ2v) is 12.0. The fourth-order valence-electron chi connectivity index (χ4n) is 2.55. The van der Waals surface area contributed by atoms with Crippen LogP contribution in [0.4, 0.5) is 9.59 Å². The van der Waals surface area contributed by atoms with E-state index in [9.17, 15) is 22.8 Å². The molecule has 2 N–H and O–H groups in total. The molecule has 0 saturated heterocycles. The topological polar surface area (TPSA) is 137 Å². The summed E-state index contributed by atoms with van der Waals surface area (Å²) in [5, 5.41) is 4.77. The first-order chi connectivity index (χ1) is 15.6. The first-order valence-electron chi connectivity index (χ1n) is 10.9. The van der Waals surface area contributed by atoms with E-state index in [1.165, 1.54) is 0 Å². The number of amides is 2. The number of sulfone groups is 1. The Labute approximate surface area is 201 Å². The van der Waals surface area contributed by atoms with Gasteiger partial charge in [0.05, 0.1) is 11.5 Å². The Hall–Kier alpha value is -2.82. The minimum Gasteiger partial charge on any atom is -0.458 e. The lowest BCUT2D eigenvalue weighted by molar-refractivity contribution is -0.157. The summed E-state index contributed by atoms with van der Waals surface area (Å²) < 4.78 is 40.3. The third kappa shape index (κ3) is 13.7. The van der Waals surface area contributed by atoms with Crippen molar-refractivity contribution in [1.82, 2.24) is 10.6 Å². The van der Waals surface area contributed by atoms with Crippen molar-refractivity contribution in [3.8, 4) is 0 Å². The molecule has 10 nitrogen and oxygen atoms in total. The standard InChI is InChI=1S/C23H36N2O8S/c1-22(2,3)32-19(26)18(25-21(28)33-23(4,5)6)12-14-34(29,30)15-13-24-20(27)31-16-17-10-8-7-9-11-17/h7-11,18H,12-16H2,1-6H3,(H,24,27)(H,25,28)/t18-/m0/s1. The van der Waals surface area contributed by atoms with Gasteiger partial charge in [0.25, 0.3) is 0 Å². The number of nitrogens with one attached hydrogen (secondary N) is 2. The molecule has 0 radical (unpaired) electrons. The number of esters is 1. The van der Waals surface area contributed by atoms with Crippen LogP contribution in [0.2, 0.25) is 0 Å². The summed E-state index contributed by atoms with van der Waals surface area (Å²) in [5.41, 5.74) is -0.820. The van der Waals surface area contributed by atoms with Gasteiger partial charge < -0.3 is 24.8 Å². The van der Waals surface area contributed by atoms with Crippen molar-refractivity contribution in [2.24, 2.45) is 0 Å². The number of benzene rings is 1. The Bertz CT molecular complexity index is 919. The van der Waals surface area contributed by atoms with E-state index in [-0.39, 0.29) is 25.3 Å². The summed E-state index contributed by atoms with van der Waals surface area (Å²) >= 11 is 0. The quantitative estimate of drug-likeness (QED) is 0.369. The van der Waals surface area contributed by atoms with Crippen LogP contribution in [0.3, 0.4) is 0 Å². The van der Waals surface area contributed by atoms with Crippen molar-refractivity contribution < 1.29 is 37.0 Å².